The fourth-order valence-corrected chi connectivity index (χ4v) is 1.80. The lowest BCUT2D eigenvalue weighted by atomic mass is 10.1. The molecule has 5 heteroatoms. The van der Waals surface area contributed by atoms with Gasteiger partial charge >= 0.3 is 5.97 Å². The van der Waals surface area contributed by atoms with Crippen molar-refractivity contribution in [2.75, 3.05) is 26.9 Å². The lowest BCUT2D eigenvalue weighted by Crippen LogP contribution is -2.36. The van der Waals surface area contributed by atoms with Crippen LogP contribution in [0.25, 0.3) is 0 Å². The fraction of sp³-hybridized carbons (Fsp3) is 0.533. The summed E-state index contributed by atoms with van der Waals surface area (Å²) in [7, 11) is 1.73. The Morgan fingerprint density at radius 2 is 2.05 bits per heavy atom. The molecule has 1 rings (SSSR count). The first-order valence-electron chi connectivity index (χ1n) is 6.87. The summed E-state index contributed by atoms with van der Waals surface area (Å²) in [5.74, 6) is 0.502. The Morgan fingerprint density at radius 1 is 1.35 bits per heavy atom. The molecule has 112 valence electrons. The van der Waals surface area contributed by atoms with Crippen molar-refractivity contribution in [1.82, 2.24) is 5.32 Å². The van der Waals surface area contributed by atoms with E-state index < -0.39 is 0 Å². The van der Waals surface area contributed by atoms with Crippen LogP contribution in [0.15, 0.2) is 24.3 Å². The van der Waals surface area contributed by atoms with Crippen LogP contribution in [-0.4, -0.2) is 44.0 Å². The summed E-state index contributed by atoms with van der Waals surface area (Å²) in [4.78, 5) is 11.6. The molecule has 0 saturated carbocycles. The van der Waals surface area contributed by atoms with Crippen molar-refractivity contribution >= 4 is 5.97 Å². The van der Waals surface area contributed by atoms with Gasteiger partial charge in [0.2, 0.25) is 0 Å². The maximum atomic E-state index is 11.6. The highest BCUT2D eigenvalue weighted by atomic mass is 16.5. The van der Waals surface area contributed by atoms with E-state index in [4.69, 9.17) is 14.6 Å². The van der Waals surface area contributed by atoms with Crippen LogP contribution in [-0.2, 0) is 16.0 Å². The van der Waals surface area contributed by atoms with Crippen LogP contribution < -0.4 is 10.1 Å². The molecule has 0 radical (unpaired) electrons. The summed E-state index contributed by atoms with van der Waals surface area (Å²) in [6.45, 7) is 2.74. The Kier molecular flexibility index (Phi) is 7.69. The predicted molar refractivity (Wildman–Crippen MR) is 76.8 cm³/mol. The first-order chi connectivity index (χ1) is 9.71. The smallest absolute Gasteiger partial charge is 0.323 e. The molecular formula is C15H23NO4. The van der Waals surface area contributed by atoms with Gasteiger partial charge in [-0.25, -0.2) is 0 Å². The summed E-state index contributed by atoms with van der Waals surface area (Å²) < 4.78 is 10.5. The van der Waals surface area contributed by atoms with Crippen molar-refractivity contribution in [3.8, 4) is 5.75 Å². The van der Waals surface area contributed by atoms with E-state index in [-0.39, 0.29) is 18.6 Å². The van der Waals surface area contributed by atoms with Gasteiger partial charge in [0, 0.05) is 13.0 Å². The number of ether oxygens (including phenoxy) is 2. The number of hydrogen-bond donors (Lipinski definition) is 2. The molecule has 0 aliphatic carbocycles. The molecule has 0 heterocycles. The standard InChI is InChI=1S/C15H23NO4/c1-3-19-15(18)14(16-2)9-11-20-13-6-4-12(5-7-13)8-10-17/h4-7,14,16-17H,3,8-11H2,1-2H3. The maximum absolute atomic E-state index is 11.6. The quantitative estimate of drug-likeness (QED) is 0.664. The van der Waals surface area contributed by atoms with Crippen molar-refractivity contribution in [1.29, 1.82) is 0 Å². The van der Waals surface area contributed by atoms with E-state index in [0.717, 1.165) is 11.3 Å². The van der Waals surface area contributed by atoms with Gasteiger partial charge in [0.15, 0.2) is 0 Å². The molecule has 0 spiro atoms. The second-order valence-corrected chi connectivity index (χ2v) is 4.35. The monoisotopic (exact) mass is 281 g/mol. The number of benzene rings is 1. The van der Waals surface area contributed by atoms with Crippen LogP contribution in [0.3, 0.4) is 0 Å². The van der Waals surface area contributed by atoms with Crippen LogP contribution >= 0.6 is 0 Å². The first kappa shape index (κ1) is 16.5. The lowest BCUT2D eigenvalue weighted by molar-refractivity contribution is -0.145. The Morgan fingerprint density at radius 3 is 2.60 bits per heavy atom. The van der Waals surface area contributed by atoms with E-state index in [9.17, 15) is 4.79 Å². The van der Waals surface area contributed by atoms with Crippen LogP contribution in [0.2, 0.25) is 0 Å². The number of nitrogens with one attached hydrogen (secondary N) is 1. The zero-order chi connectivity index (χ0) is 14.8. The van der Waals surface area contributed by atoms with E-state index in [1.807, 2.05) is 24.3 Å². The summed E-state index contributed by atoms with van der Waals surface area (Å²) in [5, 5.41) is 11.7. The third-order valence-corrected chi connectivity index (χ3v) is 2.92. The molecule has 20 heavy (non-hydrogen) atoms. The Labute approximate surface area is 119 Å². The van der Waals surface area contributed by atoms with Crippen molar-refractivity contribution in [2.45, 2.75) is 25.8 Å². The fourth-order valence-electron chi connectivity index (χ4n) is 1.80. The minimum atomic E-state index is -0.344. The number of carbonyl (C=O) groups is 1. The predicted octanol–water partition coefficient (Wildman–Crippen LogP) is 1.14. The molecule has 0 aromatic heterocycles. The average molecular weight is 281 g/mol. The van der Waals surface area contributed by atoms with E-state index in [0.29, 0.717) is 26.1 Å². The number of rotatable bonds is 9. The number of aliphatic hydroxyl groups excluding tert-OH is 1. The van der Waals surface area contributed by atoms with E-state index in [1.54, 1.807) is 14.0 Å². The van der Waals surface area contributed by atoms with Crippen molar-refractivity contribution in [2.24, 2.45) is 0 Å². The number of esters is 1. The number of likely N-dealkylation sites (N-methyl/N-ethyl adjacent to an activating group) is 1. The van der Waals surface area contributed by atoms with Gasteiger partial charge in [-0.1, -0.05) is 12.1 Å². The van der Waals surface area contributed by atoms with Gasteiger partial charge in [0.1, 0.15) is 11.8 Å². The summed E-state index contributed by atoms with van der Waals surface area (Å²) >= 11 is 0. The zero-order valence-corrected chi connectivity index (χ0v) is 12.1. The highest BCUT2D eigenvalue weighted by Crippen LogP contribution is 2.13. The summed E-state index contributed by atoms with van der Waals surface area (Å²) in [6, 6.07) is 7.23. The second-order valence-electron chi connectivity index (χ2n) is 4.35. The molecular weight excluding hydrogens is 258 g/mol. The minimum absolute atomic E-state index is 0.142. The van der Waals surface area contributed by atoms with Crippen LogP contribution in [0, 0.1) is 0 Å². The lowest BCUT2D eigenvalue weighted by Gasteiger charge is -2.15. The summed E-state index contributed by atoms with van der Waals surface area (Å²) in [5.41, 5.74) is 1.07. The molecule has 1 aromatic rings. The maximum Gasteiger partial charge on any atom is 0.323 e. The molecule has 1 aromatic carbocycles. The average Bonchev–Trinajstić information content (AvgIpc) is 2.46. The number of aliphatic hydroxyl groups is 1. The second kappa shape index (κ2) is 9.34. The van der Waals surface area contributed by atoms with Gasteiger partial charge in [-0.05, 0) is 38.1 Å². The minimum Gasteiger partial charge on any atom is -0.494 e. The molecule has 0 saturated heterocycles. The number of carbonyl (C=O) groups excluding carboxylic acids is 1. The van der Waals surface area contributed by atoms with Gasteiger partial charge < -0.3 is 19.9 Å². The van der Waals surface area contributed by atoms with E-state index in [2.05, 4.69) is 5.32 Å². The third kappa shape index (κ3) is 5.59. The normalized spacial score (nSPS) is 11.9. The van der Waals surface area contributed by atoms with Crippen LogP contribution in [0.1, 0.15) is 18.9 Å². The van der Waals surface area contributed by atoms with Gasteiger partial charge in [-0.2, -0.15) is 0 Å². The third-order valence-electron chi connectivity index (χ3n) is 2.92. The van der Waals surface area contributed by atoms with Crippen LogP contribution in [0.4, 0.5) is 0 Å². The summed E-state index contributed by atoms with van der Waals surface area (Å²) in [6.07, 6.45) is 1.19. The molecule has 1 unspecified atom stereocenters. The Hall–Kier alpha value is -1.59. The van der Waals surface area contributed by atoms with Crippen molar-refractivity contribution in [3.63, 3.8) is 0 Å². The van der Waals surface area contributed by atoms with Gasteiger partial charge in [-0.3, -0.25) is 4.79 Å². The van der Waals surface area contributed by atoms with E-state index >= 15 is 0 Å². The molecule has 5 nitrogen and oxygen atoms in total. The highest BCUT2D eigenvalue weighted by molar-refractivity contribution is 5.75. The molecule has 0 amide bonds. The van der Waals surface area contributed by atoms with Gasteiger partial charge in [0.05, 0.1) is 13.2 Å². The van der Waals surface area contributed by atoms with E-state index in [1.165, 1.54) is 0 Å². The first-order valence-corrected chi connectivity index (χ1v) is 6.87. The topological polar surface area (TPSA) is 67.8 Å². The largest absolute Gasteiger partial charge is 0.494 e. The number of hydrogen-bond acceptors (Lipinski definition) is 5. The Balaban J connectivity index is 2.36. The zero-order valence-electron chi connectivity index (χ0n) is 12.1. The molecule has 0 bridgehead atoms. The molecule has 2 N–H and O–H groups in total. The molecule has 0 fully saturated rings. The molecule has 0 aliphatic rings. The Bertz CT molecular complexity index is 391. The van der Waals surface area contributed by atoms with Crippen molar-refractivity contribution < 1.29 is 19.4 Å². The highest BCUT2D eigenvalue weighted by Gasteiger charge is 2.17. The van der Waals surface area contributed by atoms with Gasteiger partial charge in [0.25, 0.3) is 0 Å². The SMILES string of the molecule is CCOC(=O)C(CCOc1ccc(CCO)cc1)NC. The van der Waals surface area contributed by atoms with Crippen LogP contribution in [0.5, 0.6) is 5.75 Å². The molecule has 0 aliphatic heterocycles. The molecule has 1 atom stereocenters. The van der Waals surface area contributed by atoms with Crippen molar-refractivity contribution in [3.05, 3.63) is 29.8 Å². The van der Waals surface area contributed by atoms with Gasteiger partial charge in [-0.15, -0.1) is 0 Å².